The number of aliphatic hydroxyl groups excluding tert-OH is 1. The molecule has 2 aromatic heterocycles. The summed E-state index contributed by atoms with van der Waals surface area (Å²) in [7, 11) is -1.99. The van der Waals surface area contributed by atoms with Crippen LogP contribution in [0.15, 0.2) is 6.33 Å². The van der Waals surface area contributed by atoms with Crippen molar-refractivity contribution < 1.29 is 61.5 Å². The van der Waals surface area contributed by atoms with Crippen LogP contribution < -0.4 is 5.32 Å². The largest absolute Gasteiger partial charge is 0.510 e. The summed E-state index contributed by atoms with van der Waals surface area (Å²) in [5.74, 6) is 0.454. The fraction of sp³-hybridized carbons (Fsp3) is 0.667. The Hall–Kier alpha value is -2.83. The average Bonchev–Trinajstić information content (AvgIpc) is 3.69. The molecule has 4 atom stereocenters. The number of ether oxygens (including phenoxy) is 7. The second-order valence-corrected chi connectivity index (χ2v) is 10.9. The van der Waals surface area contributed by atoms with Gasteiger partial charge in [-0.2, -0.15) is 9.97 Å². The molecule has 41 heavy (non-hydrogen) atoms. The van der Waals surface area contributed by atoms with Crippen molar-refractivity contribution in [3.05, 3.63) is 11.6 Å². The van der Waals surface area contributed by atoms with Crippen molar-refractivity contribution in [3.63, 3.8) is 0 Å². The van der Waals surface area contributed by atoms with Gasteiger partial charge in [0.2, 0.25) is 18.9 Å². The molecule has 0 aliphatic carbocycles. The molecular weight excluding hydrogens is 597 g/mol. The number of aromatic nitrogens is 4. The molecule has 2 N–H and O–H groups in total. The average molecular weight is 626 g/mol. The van der Waals surface area contributed by atoms with Crippen molar-refractivity contribution in [1.82, 2.24) is 19.5 Å². The lowest BCUT2D eigenvalue weighted by Crippen LogP contribution is -2.27. The Morgan fingerprint density at radius 2 is 1.90 bits per heavy atom. The number of fused-ring (bicyclic) bond motifs is 1. The van der Waals surface area contributed by atoms with Gasteiger partial charge in [0.05, 0.1) is 45.9 Å². The molecule has 2 aliphatic rings. The Morgan fingerprint density at radius 3 is 2.54 bits per heavy atom. The van der Waals surface area contributed by atoms with Gasteiger partial charge in [-0.3, -0.25) is 18.2 Å². The number of carbonyl (C=O) groups is 2. The Balaban J connectivity index is 1.36. The molecule has 0 spiro atoms. The van der Waals surface area contributed by atoms with Crippen LogP contribution in [0.4, 0.5) is 15.4 Å². The van der Waals surface area contributed by atoms with Crippen LogP contribution in [-0.2, 0) is 46.8 Å². The third-order valence-electron chi connectivity index (χ3n) is 5.90. The number of nitrogens with zero attached hydrogens (tertiary/aromatic N) is 4. The SMILES string of the molecule is COC(=O)OCOP(=O)(COC[C@H]1O[C@@H](n2cnc3c(N[C@H]4CCOC4)nc(Cl)nc32)C[C@@H]1O)OCOC(=O)OC. The fourth-order valence-corrected chi connectivity index (χ4v) is 5.04. The third kappa shape index (κ3) is 8.36. The van der Waals surface area contributed by atoms with Crippen LogP contribution in [0.5, 0.6) is 0 Å². The number of imidazole rings is 1. The highest BCUT2D eigenvalue weighted by molar-refractivity contribution is 7.53. The Morgan fingerprint density at radius 1 is 1.20 bits per heavy atom. The highest BCUT2D eigenvalue weighted by Gasteiger charge is 2.37. The summed E-state index contributed by atoms with van der Waals surface area (Å²) in [5.41, 5.74) is 0.866. The van der Waals surface area contributed by atoms with E-state index in [1.807, 2.05) is 0 Å². The van der Waals surface area contributed by atoms with Crippen LogP contribution in [-0.4, -0.2) is 109 Å². The molecule has 4 heterocycles. The lowest BCUT2D eigenvalue weighted by atomic mass is 10.2. The van der Waals surface area contributed by atoms with Crippen LogP contribution in [0.25, 0.3) is 11.2 Å². The Bertz CT molecular complexity index is 1220. The smallest absolute Gasteiger partial charge is 0.438 e. The maximum absolute atomic E-state index is 13.0. The van der Waals surface area contributed by atoms with Crippen LogP contribution in [0.2, 0.25) is 5.28 Å². The van der Waals surface area contributed by atoms with Crippen LogP contribution in [0.3, 0.4) is 0 Å². The summed E-state index contributed by atoms with van der Waals surface area (Å²) < 4.78 is 59.1. The highest BCUT2D eigenvalue weighted by Crippen LogP contribution is 2.48. The number of halogens is 1. The Kier molecular flexibility index (Phi) is 10.9. The number of rotatable bonds is 13. The molecule has 0 unspecified atom stereocenters. The number of carbonyl (C=O) groups excluding carboxylic acids is 2. The van der Waals surface area contributed by atoms with E-state index in [4.69, 9.17) is 34.9 Å². The van der Waals surface area contributed by atoms with E-state index >= 15 is 0 Å². The molecule has 20 heteroatoms. The van der Waals surface area contributed by atoms with E-state index in [2.05, 4.69) is 39.2 Å². The monoisotopic (exact) mass is 625 g/mol. The van der Waals surface area contributed by atoms with Crippen molar-refractivity contribution in [2.24, 2.45) is 0 Å². The van der Waals surface area contributed by atoms with Crippen molar-refractivity contribution in [3.8, 4) is 0 Å². The quantitative estimate of drug-likeness (QED) is 0.141. The van der Waals surface area contributed by atoms with Gasteiger partial charge >= 0.3 is 19.9 Å². The predicted octanol–water partition coefficient (Wildman–Crippen LogP) is 2.01. The van der Waals surface area contributed by atoms with Crippen molar-refractivity contribution in [2.45, 2.75) is 37.3 Å². The van der Waals surface area contributed by atoms with Crippen LogP contribution in [0, 0.1) is 0 Å². The molecule has 2 saturated heterocycles. The van der Waals surface area contributed by atoms with Gasteiger partial charge in [0.1, 0.15) is 18.7 Å². The molecule has 0 saturated carbocycles. The molecular formula is C21H29ClN5O13P. The van der Waals surface area contributed by atoms with Gasteiger partial charge in [-0.1, -0.05) is 0 Å². The normalized spacial score (nSPS) is 22.5. The van der Waals surface area contributed by atoms with Gasteiger partial charge in [0.15, 0.2) is 17.0 Å². The first-order chi connectivity index (χ1) is 19.7. The van der Waals surface area contributed by atoms with E-state index in [-0.39, 0.29) is 24.4 Å². The molecule has 0 bridgehead atoms. The number of hydrogen-bond donors (Lipinski definition) is 2. The first-order valence-electron chi connectivity index (χ1n) is 12.2. The van der Waals surface area contributed by atoms with E-state index < -0.39 is 58.3 Å². The zero-order valence-electron chi connectivity index (χ0n) is 22.0. The van der Waals surface area contributed by atoms with Gasteiger partial charge in [0.25, 0.3) is 0 Å². The zero-order valence-corrected chi connectivity index (χ0v) is 23.7. The molecule has 2 aliphatic heterocycles. The van der Waals surface area contributed by atoms with E-state index in [9.17, 15) is 19.3 Å². The van der Waals surface area contributed by atoms with E-state index in [0.29, 0.717) is 30.2 Å². The lowest BCUT2D eigenvalue weighted by molar-refractivity contribution is -0.0605. The zero-order chi connectivity index (χ0) is 29.4. The van der Waals surface area contributed by atoms with Gasteiger partial charge in [-0.05, 0) is 18.0 Å². The number of anilines is 1. The summed E-state index contributed by atoms with van der Waals surface area (Å²) in [6.07, 6.45) is -2.89. The lowest BCUT2D eigenvalue weighted by Gasteiger charge is -2.20. The maximum atomic E-state index is 13.0. The number of nitrogens with one attached hydrogen (secondary N) is 1. The number of methoxy groups -OCH3 is 2. The molecule has 228 valence electrons. The second kappa shape index (κ2) is 14.4. The van der Waals surface area contributed by atoms with Gasteiger partial charge in [0, 0.05) is 13.0 Å². The first-order valence-corrected chi connectivity index (χ1v) is 14.3. The molecule has 0 radical (unpaired) electrons. The maximum Gasteiger partial charge on any atom is 0.510 e. The van der Waals surface area contributed by atoms with E-state index in [0.717, 1.165) is 20.6 Å². The molecule has 0 aromatic carbocycles. The minimum atomic E-state index is -4.14. The summed E-state index contributed by atoms with van der Waals surface area (Å²) in [6.45, 7) is -0.677. The number of aliphatic hydroxyl groups is 1. The number of hydrogen-bond acceptors (Lipinski definition) is 17. The van der Waals surface area contributed by atoms with E-state index in [1.54, 1.807) is 4.57 Å². The summed E-state index contributed by atoms with van der Waals surface area (Å²) >= 11 is 6.17. The fourth-order valence-electron chi connectivity index (χ4n) is 3.90. The van der Waals surface area contributed by atoms with Gasteiger partial charge in [-0.15, -0.1) is 0 Å². The molecule has 2 fully saturated rings. The second-order valence-electron chi connectivity index (χ2n) is 8.60. The first kappa shape index (κ1) is 31.1. The Labute approximate surface area is 237 Å². The van der Waals surface area contributed by atoms with Gasteiger partial charge in [-0.25, -0.2) is 14.6 Å². The van der Waals surface area contributed by atoms with Crippen LogP contribution in [0.1, 0.15) is 19.1 Å². The highest BCUT2D eigenvalue weighted by atomic mass is 35.5. The topological polar surface area (TPSA) is 210 Å². The summed E-state index contributed by atoms with van der Waals surface area (Å²) in [6, 6.07) is 0.0587. The van der Waals surface area contributed by atoms with Crippen LogP contribution >= 0.6 is 19.2 Å². The molecule has 0 amide bonds. The molecule has 2 aromatic rings. The predicted molar refractivity (Wildman–Crippen MR) is 135 cm³/mol. The molecule has 4 rings (SSSR count). The van der Waals surface area contributed by atoms with Crippen molar-refractivity contribution in [2.75, 3.05) is 59.3 Å². The molecule has 18 nitrogen and oxygen atoms in total. The summed E-state index contributed by atoms with van der Waals surface area (Å²) in [5, 5.41) is 13.9. The summed E-state index contributed by atoms with van der Waals surface area (Å²) in [4.78, 5) is 35.2. The van der Waals surface area contributed by atoms with Crippen molar-refractivity contribution >= 4 is 48.5 Å². The third-order valence-corrected chi connectivity index (χ3v) is 7.56. The standard InChI is InChI=1S/C21H29ClN5O13P/c1-32-20(29)36-9-38-41(31,39-10-37-21(30)33-2)11-35-7-14-13(28)5-15(40-14)27-8-23-16-17(24-12-3-4-34-6-12)25-19(22)26-18(16)27/h8,12-15,28H,3-7,9-11H2,1-2H3,(H,24,25,26)/t12-,13-,14+,15+/m0/s1. The van der Waals surface area contributed by atoms with E-state index in [1.165, 1.54) is 6.33 Å². The van der Waals surface area contributed by atoms with Crippen molar-refractivity contribution in [1.29, 1.82) is 0 Å². The minimum Gasteiger partial charge on any atom is -0.438 e. The minimum absolute atomic E-state index is 0.00204. The van der Waals surface area contributed by atoms with Gasteiger partial charge < -0.3 is 43.6 Å².